The third kappa shape index (κ3) is 1.55. The molecule has 5 heteroatoms. The molecule has 0 atom stereocenters. The zero-order valence-corrected chi connectivity index (χ0v) is 9.78. The summed E-state index contributed by atoms with van der Waals surface area (Å²) < 4.78 is 2.18. The topological polar surface area (TPSA) is 56.7 Å². The average Bonchev–Trinajstić information content (AvgIpc) is 2.66. The maximum Gasteiger partial charge on any atom is 0.201 e. The SMILES string of the molecule is Nc1nc2cnccc2n1C1CCSCC1. The Hall–Kier alpha value is -1.23. The van der Waals surface area contributed by atoms with E-state index in [1.807, 2.05) is 17.8 Å². The lowest BCUT2D eigenvalue weighted by atomic mass is 10.1. The van der Waals surface area contributed by atoms with Gasteiger partial charge in [-0.15, -0.1) is 0 Å². The fourth-order valence-electron chi connectivity index (χ4n) is 2.30. The number of thioether (sulfide) groups is 1. The van der Waals surface area contributed by atoms with Crippen LogP contribution in [0.1, 0.15) is 18.9 Å². The first-order valence-corrected chi connectivity index (χ1v) is 6.67. The number of rotatable bonds is 1. The number of nitrogen functional groups attached to an aromatic ring is 1. The van der Waals surface area contributed by atoms with Crippen LogP contribution in [0, 0.1) is 0 Å². The van der Waals surface area contributed by atoms with Crippen molar-refractivity contribution in [1.82, 2.24) is 14.5 Å². The van der Waals surface area contributed by atoms with Gasteiger partial charge >= 0.3 is 0 Å². The number of fused-ring (bicyclic) bond motifs is 1. The van der Waals surface area contributed by atoms with Gasteiger partial charge in [-0.2, -0.15) is 11.8 Å². The number of aromatic nitrogens is 3. The molecule has 1 fully saturated rings. The Bertz CT molecular complexity index is 502. The van der Waals surface area contributed by atoms with Crippen molar-refractivity contribution in [2.75, 3.05) is 17.2 Å². The quantitative estimate of drug-likeness (QED) is 0.820. The number of nitrogens with two attached hydrogens (primary N) is 1. The van der Waals surface area contributed by atoms with E-state index in [0.717, 1.165) is 11.0 Å². The van der Waals surface area contributed by atoms with Crippen LogP contribution < -0.4 is 5.73 Å². The second-order valence-electron chi connectivity index (χ2n) is 4.05. The van der Waals surface area contributed by atoms with E-state index in [-0.39, 0.29) is 0 Å². The van der Waals surface area contributed by atoms with E-state index in [1.54, 1.807) is 12.4 Å². The van der Waals surface area contributed by atoms with Crippen molar-refractivity contribution in [3.05, 3.63) is 18.5 Å². The van der Waals surface area contributed by atoms with E-state index < -0.39 is 0 Å². The molecule has 1 saturated heterocycles. The number of anilines is 1. The van der Waals surface area contributed by atoms with Gasteiger partial charge in [0.2, 0.25) is 5.95 Å². The highest BCUT2D eigenvalue weighted by Gasteiger charge is 2.20. The molecule has 2 N–H and O–H groups in total. The molecule has 1 aliphatic rings. The van der Waals surface area contributed by atoms with Gasteiger partial charge < -0.3 is 10.3 Å². The summed E-state index contributed by atoms with van der Waals surface area (Å²) in [7, 11) is 0. The second kappa shape index (κ2) is 3.97. The van der Waals surface area contributed by atoms with Crippen LogP contribution in [-0.2, 0) is 0 Å². The molecule has 2 aromatic rings. The van der Waals surface area contributed by atoms with Crippen molar-refractivity contribution >= 4 is 28.7 Å². The van der Waals surface area contributed by atoms with E-state index in [1.165, 1.54) is 24.3 Å². The lowest BCUT2D eigenvalue weighted by molar-refractivity contribution is 0.486. The average molecular weight is 234 g/mol. The molecule has 0 aromatic carbocycles. The van der Waals surface area contributed by atoms with E-state index in [0.29, 0.717) is 12.0 Å². The summed E-state index contributed by atoms with van der Waals surface area (Å²) in [6.45, 7) is 0. The first kappa shape index (κ1) is 9.96. The molecule has 0 amide bonds. The van der Waals surface area contributed by atoms with E-state index in [4.69, 9.17) is 5.73 Å². The monoisotopic (exact) mass is 234 g/mol. The molecular weight excluding hydrogens is 220 g/mol. The Morgan fingerprint density at radius 1 is 1.38 bits per heavy atom. The van der Waals surface area contributed by atoms with Gasteiger partial charge in [-0.25, -0.2) is 4.98 Å². The lowest BCUT2D eigenvalue weighted by Gasteiger charge is -2.24. The molecule has 0 saturated carbocycles. The van der Waals surface area contributed by atoms with Gasteiger partial charge in [-0.3, -0.25) is 4.98 Å². The summed E-state index contributed by atoms with van der Waals surface area (Å²) >= 11 is 2.02. The minimum absolute atomic E-state index is 0.508. The Morgan fingerprint density at radius 2 is 2.19 bits per heavy atom. The molecule has 0 bridgehead atoms. The molecule has 4 nitrogen and oxygen atoms in total. The predicted molar refractivity (Wildman–Crippen MR) is 67.5 cm³/mol. The molecular formula is C11H14N4S. The van der Waals surface area contributed by atoms with Gasteiger partial charge in [0.25, 0.3) is 0 Å². The van der Waals surface area contributed by atoms with Crippen LogP contribution in [0.25, 0.3) is 11.0 Å². The van der Waals surface area contributed by atoms with Gasteiger partial charge in [-0.05, 0) is 30.4 Å². The van der Waals surface area contributed by atoms with Crippen LogP contribution in [-0.4, -0.2) is 26.0 Å². The second-order valence-corrected chi connectivity index (χ2v) is 5.27. The lowest BCUT2D eigenvalue weighted by Crippen LogP contribution is -2.16. The zero-order valence-electron chi connectivity index (χ0n) is 8.97. The molecule has 0 aliphatic carbocycles. The Balaban J connectivity index is 2.10. The highest BCUT2D eigenvalue weighted by atomic mass is 32.2. The Kier molecular flexibility index (Phi) is 2.47. The fraction of sp³-hybridized carbons (Fsp3) is 0.455. The summed E-state index contributed by atoms with van der Waals surface area (Å²) in [6.07, 6.45) is 5.95. The minimum atomic E-state index is 0.508. The number of hydrogen-bond donors (Lipinski definition) is 1. The van der Waals surface area contributed by atoms with Crippen LogP contribution in [0.4, 0.5) is 5.95 Å². The summed E-state index contributed by atoms with van der Waals surface area (Å²) in [5.74, 6) is 3.06. The van der Waals surface area contributed by atoms with E-state index in [9.17, 15) is 0 Å². The molecule has 16 heavy (non-hydrogen) atoms. The van der Waals surface area contributed by atoms with Crippen molar-refractivity contribution in [1.29, 1.82) is 0 Å². The number of pyridine rings is 1. The molecule has 3 rings (SSSR count). The normalized spacial score (nSPS) is 18.0. The fourth-order valence-corrected chi connectivity index (χ4v) is 3.38. The largest absolute Gasteiger partial charge is 0.369 e. The number of nitrogens with zero attached hydrogens (tertiary/aromatic N) is 3. The Morgan fingerprint density at radius 3 is 3.00 bits per heavy atom. The standard InChI is InChI=1S/C11H14N4S/c12-11-14-9-7-13-4-1-10(9)15(11)8-2-5-16-6-3-8/h1,4,7-8H,2-3,5-6H2,(H2,12,14). The van der Waals surface area contributed by atoms with Crippen LogP contribution in [0.2, 0.25) is 0 Å². The Labute approximate surface area is 98.3 Å². The van der Waals surface area contributed by atoms with Crippen molar-refractivity contribution in [2.45, 2.75) is 18.9 Å². The highest BCUT2D eigenvalue weighted by Crippen LogP contribution is 2.31. The van der Waals surface area contributed by atoms with Gasteiger partial charge in [-0.1, -0.05) is 0 Å². The molecule has 1 aliphatic heterocycles. The first-order valence-electron chi connectivity index (χ1n) is 5.51. The smallest absolute Gasteiger partial charge is 0.201 e. The number of hydrogen-bond acceptors (Lipinski definition) is 4. The highest BCUT2D eigenvalue weighted by molar-refractivity contribution is 7.99. The van der Waals surface area contributed by atoms with Crippen LogP contribution >= 0.6 is 11.8 Å². The molecule has 0 unspecified atom stereocenters. The number of imidazole rings is 1. The first-order chi connectivity index (χ1) is 7.86. The maximum absolute atomic E-state index is 6.00. The van der Waals surface area contributed by atoms with Gasteiger partial charge in [0.15, 0.2) is 0 Å². The van der Waals surface area contributed by atoms with Crippen molar-refractivity contribution in [3.63, 3.8) is 0 Å². The molecule has 3 heterocycles. The zero-order chi connectivity index (χ0) is 11.0. The third-order valence-corrected chi connectivity index (χ3v) is 4.12. The van der Waals surface area contributed by atoms with E-state index >= 15 is 0 Å². The summed E-state index contributed by atoms with van der Waals surface area (Å²) in [4.78, 5) is 8.44. The predicted octanol–water partition coefficient (Wildman–Crippen LogP) is 2.08. The maximum atomic E-state index is 6.00. The van der Waals surface area contributed by atoms with E-state index in [2.05, 4.69) is 14.5 Å². The van der Waals surface area contributed by atoms with Gasteiger partial charge in [0.05, 0.1) is 11.7 Å². The van der Waals surface area contributed by atoms with Gasteiger partial charge in [0, 0.05) is 12.2 Å². The summed E-state index contributed by atoms with van der Waals surface area (Å²) in [5.41, 5.74) is 8.02. The molecule has 0 radical (unpaired) electrons. The van der Waals surface area contributed by atoms with Gasteiger partial charge in [0.1, 0.15) is 5.52 Å². The molecule has 0 spiro atoms. The van der Waals surface area contributed by atoms with Crippen molar-refractivity contribution < 1.29 is 0 Å². The van der Waals surface area contributed by atoms with Crippen molar-refractivity contribution in [3.8, 4) is 0 Å². The third-order valence-electron chi connectivity index (χ3n) is 3.08. The molecule has 2 aromatic heterocycles. The van der Waals surface area contributed by atoms with Crippen molar-refractivity contribution in [2.24, 2.45) is 0 Å². The van der Waals surface area contributed by atoms with Crippen LogP contribution in [0.5, 0.6) is 0 Å². The van der Waals surface area contributed by atoms with Crippen LogP contribution in [0.3, 0.4) is 0 Å². The van der Waals surface area contributed by atoms with Crippen LogP contribution in [0.15, 0.2) is 18.5 Å². The summed E-state index contributed by atoms with van der Waals surface area (Å²) in [6, 6.07) is 2.51. The minimum Gasteiger partial charge on any atom is -0.369 e. The molecule has 84 valence electrons. The summed E-state index contributed by atoms with van der Waals surface area (Å²) in [5, 5.41) is 0.